The van der Waals surface area contributed by atoms with Crippen LogP contribution in [0.5, 0.6) is 5.75 Å². The van der Waals surface area contributed by atoms with E-state index < -0.39 is 0 Å². The van der Waals surface area contributed by atoms with Gasteiger partial charge in [-0.2, -0.15) is 0 Å². The second-order valence-corrected chi connectivity index (χ2v) is 4.54. The zero-order valence-corrected chi connectivity index (χ0v) is 11.3. The Balaban J connectivity index is 2.07. The molecule has 0 atom stereocenters. The third-order valence-electron chi connectivity index (χ3n) is 2.84. The van der Waals surface area contributed by atoms with Gasteiger partial charge in [-0.25, -0.2) is 0 Å². The molecule has 2 aromatic carbocycles. The molecule has 0 saturated heterocycles. The first kappa shape index (κ1) is 13.8. The maximum Gasteiger partial charge on any atom is 0.185 e. The zero-order valence-electron chi connectivity index (χ0n) is 11.3. The molecule has 0 aromatic heterocycles. The third-order valence-corrected chi connectivity index (χ3v) is 2.84. The Morgan fingerprint density at radius 2 is 1.60 bits per heavy atom. The fraction of sp³-hybridized carbons (Fsp3) is 0.0556. The van der Waals surface area contributed by atoms with Gasteiger partial charge in [-0.15, -0.1) is 0 Å². The molecular weight excluding hydrogens is 248 g/mol. The lowest BCUT2D eigenvalue weighted by Crippen LogP contribution is -1.93. The Hall–Kier alpha value is -2.61. The number of allylic oxidation sites excluding steroid dienone is 3. The Morgan fingerprint density at radius 3 is 2.25 bits per heavy atom. The smallest absolute Gasteiger partial charge is 0.185 e. The number of carbonyl (C=O) groups is 1. The summed E-state index contributed by atoms with van der Waals surface area (Å²) in [5.74, 6) is 0.0801. The molecule has 0 aliphatic heterocycles. The minimum Gasteiger partial charge on any atom is -0.508 e. The van der Waals surface area contributed by atoms with Crippen LogP contribution < -0.4 is 0 Å². The van der Waals surface area contributed by atoms with E-state index in [-0.39, 0.29) is 11.5 Å². The van der Waals surface area contributed by atoms with Gasteiger partial charge in [0.15, 0.2) is 5.78 Å². The molecular formula is C18H16O2. The highest BCUT2D eigenvalue weighted by Crippen LogP contribution is 2.11. The molecule has 0 aliphatic carbocycles. The highest BCUT2D eigenvalue weighted by atomic mass is 16.3. The summed E-state index contributed by atoms with van der Waals surface area (Å²) in [6.45, 7) is 1.95. The van der Waals surface area contributed by atoms with Crippen LogP contribution in [0.1, 0.15) is 22.8 Å². The lowest BCUT2D eigenvalue weighted by atomic mass is 10.1. The van der Waals surface area contributed by atoms with E-state index in [1.54, 1.807) is 24.3 Å². The van der Waals surface area contributed by atoms with Crippen molar-refractivity contribution in [2.24, 2.45) is 0 Å². The van der Waals surface area contributed by atoms with Crippen LogP contribution in [-0.2, 0) is 0 Å². The van der Waals surface area contributed by atoms with E-state index in [0.29, 0.717) is 5.56 Å². The second-order valence-electron chi connectivity index (χ2n) is 4.54. The van der Waals surface area contributed by atoms with Gasteiger partial charge in [0.05, 0.1) is 0 Å². The van der Waals surface area contributed by atoms with Crippen LogP contribution in [0.25, 0.3) is 6.08 Å². The van der Waals surface area contributed by atoms with Crippen LogP contribution >= 0.6 is 0 Å². The van der Waals surface area contributed by atoms with E-state index in [1.165, 1.54) is 12.1 Å². The van der Waals surface area contributed by atoms with Gasteiger partial charge in [0.25, 0.3) is 0 Å². The monoisotopic (exact) mass is 264 g/mol. The van der Waals surface area contributed by atoms with Crippen LogP contribution in [0.4, 0.5) is 0 Å². The Bertz CT molecular complexity index is 635. The lowest BCUT2D eigenvalue weighted by Gasteiger charge is -1.97. The number of rotatable bonds is 4. The predicted molar refractivity (Wildman–Crippen MR) is 81.7 cm³/mol. The Morgan fingerprint density at radius 1 is 0.950 bits per heavy atom. The summed E-state index contributed by atoms with van der Waals surface area (Å²) in [6.07, 6.45) is 5.35. The fourth-order valence-electron chi connectivity index (χ4n) is 1.79. The van der Waals surface area contributed by atoms with E-state index in [2.05, 4.69) is 0 Å². The Kier molecular flexibility index (Phi) is 4.51. The molecule has 2 nitrogen and oxygen atoms in total. The summed E-state index contributed by atoms with van der Waals surface area (Å²) >= 11 is 0. The van der Waals surface area contributed by atoms with Crippen LogP contribution in [0.15, 0.2) is 72.3 Å². The summed E-state index contributed by atoms with van der Waals surface area (Å²) in [7, 11) is 0. The van der Waals surface area contributed by atoms with Gasteiger partial charge in [-0.05, 0) is 42.8 Å². The second kappa shape index (κ2) is 6.53. The minimum absolute atomic E-state index is 0.0780. The molecule has 0 bridgehead atoms. The highest BCUT2D eigenvalue weighted by molar-refractivity contribution is 6.04. The number of carbonyl (C=O) groups excluding carboxylic acids is 1. The molecule has 20 heavy (non-hydrogen) atoms. The van der Waals surface area contributed by atoms with Gasteiger partial charge in [0, 0.05) is 5.56 Å². The molecule has 0 spiro atoms. The van der Waals surface area contributed by atoms with Gasteiger partial charge in [-0.3, -0.25) is 4.79 Å². The number of phenols is 1. The molecule has 1 N–H and O–H groups in total. The van der Waals surface area contributed by atoms with Crippen molar-refractivity contribution in [2.45, 2.75) is 6.92 Å². The normalized spacial score (nSPS) is 11.8. The quantitative estimate of drug-likeness (QED) is 0.509. The van der Waals surface area contributed by atoms with E-state index >= 15 is 0 Å². The maximum absolute atomic E-state index is 11.9. The summed E-state index contributed by atoms with van der Waals surface area (Å²) in [4.78, 5) is 11.9. The Labute approximate surface area is 118 Å². The predicted octanol–water partition coefficient (Wildman–Crippen LogP) is 4.23. The van der Waals surface area contributed by atoms with E-state index in [1.807, 2.05) is 43.3 Å². The molecule has 0 fully saturated rings. The van der Waals surface area contributed by atoms with Crippen molar-refractivity contribution in [3.05, 3.63) is 83.4 Å². The summed E-state index contributed by atoms with van der Waals surface area (Å²) in [5.41, 5.74) is 2.67. The van der Waals surface area contributed by atoms with Crippen molar-refractivity contribution in [1.82, 2.24) is 0 Å². The van der Waals surface area contributed by atoms with Crippen molar-refractivity contribution in [2.75, 3.05) is 0 Å². The molecule has 2 heteroatoms. The number of ketones is 1. The number of aromatic hydroxyl groups is 1. The number of hydrogen-bond donors (Lipinski definition) is 1. The van der Waals surface area contributed by atoms with E-state index in [4.69, 9.17) is 0 Å². The molecule has 2 rings (SSSR count). The van der Waals surface area contributed by atoms with Gasteiger partial charge in [-0.1, -0.05) is 48.1 Å². The highest BCUT2D eigenvalue weighted by Gasteiger charge is 2.00. The fourth-order valence-corrected chi connectivity index (χ4v) is 1.79. The van der Waals surface area contributed by atoms with Crippen LogP contribution in [0, 0.1) is 0 Å². The van der Waals surface area contributed by atoms with Gasteiger partial charge < -0.3 is 5.11 Å². The number of phenolic OH excluding ortho intramolecular Hbond substituents is 1. The average molecular weight is 264 g/mol. The van der Waals surface area contributed by atoms with Crippen molar-refractivity contribution < 1.29 is 9.90 Å². The summed E-state index contributed by atoms with van der Waals surface area (Å²) in [5, 5.41) is 9.18. The van der Waals surface area contributed by atoms with Crippen LogP contribution in [0.3, 0.4) is 0 Å². The molecule has 0 unspecified atom stereocenters. The van der Waals surface area contributed by atoms with Crippen molar-refractivity contribution in [3.63, 3.8) is 0 Å². The van der Waals surface area contributed by atoms with Crippen molar-refractivity contribution in [3.8, 4) is 5.75 Å². The number of hydrogen-bond acceptors (Lipinski definition) is 2. The minimum atomic E-state index is -0.0780. The lowest BCUT2D eigenvalue weighted by molar-refractivity contribution is 0.104. The standard InChI is InChI=1S/C18H16O2/c1-14(13-15-5-3-2-4-6-15)7-12-18(20)16-8-10-17(19)11-9-16/h2-13,19H,1H3/b12-7-,14-13+. The third kappa shape index (κ3) is 3.95. The van der Waals surface area contributed by atoms with Crippen molar-refractivity contribution in [1.29, 1.82) is 0 Å². The molecule has 0 heterocycles. The first-order valence-electron chi connectivity index (χ1n) is 6.40. The summed E-state index contributed by atoms with van der Waals surface area (Å²) < 4.78 is 0. The topological polar surface area (TPSA) is 37.3 Å². The SMILES string of the molecule is CC(/C=C\C(=O)c1ccc(O)cc1)=C\c1ccccc1. The molecule has 0 radical (unpaired) electrons. The van der Waals surface area contributed by atoms with E-state index in [9.17, 15) is 9.90 Å². The molecule has 0 aliphatic rings. The molecule has 2 aromatic rings. The zero-order chi connectivity index (χ0) is 14.4. The largest absolute Gasteiger partial charge is 0.508 e. The van der Waals surface area contributed by atoms with Gasteiger partial charge >= 0.3 is 0 Å². The van der Waals surface area contributed by atoms with Crippen molar-refractivity contribution >= 4 is 11.9 Å². The van der Waals surface area contributed by atoms with Crippen LogP contribution in [0.2, 0.25) is 0 Å². The summed E-state index contributed by atoms with van der Waals surface area (Å²) in [6, 6.07) is 16.2. The average Bonchev–Trinajstić information content (AvgIpc) is 2.46. The van der Waals surface area contributed by atoms with Gasteiger partial charge in [0.1, 0.15) is 5.75 Å². The molecule has 0 amide bonds. The van der Waals surface area contributed by atoms with Crippen LogP contribution in [-0.4, -0.2) is 10.9 Å². The first-order chi connectivity index (χ1) is 9.65. The number of benzene rings is 2. The molecule has 100 valence electrons. The van der Waals surface area contributed by atoms with E-state index in [0.717, 1.165) is 11.1 Å². The van der Waals surface area contributed by atoms with Gasteiger partial charge in [0.2, 0.25) is 0 Å². The first-order valence-corrected chi connectivity index (χ1v) is 6.40. The maximum atomic E-state index is 11.9. The molecule has 0 saturated carbocycles.